The largest absolute Gasteiger partial charge is 0.396 e. The molecule has 0 fully saturated rings. The number of nitrogens with zero attached hydrogens (tertiary/aromatic N) is 28. The molecule has 6 atom stereocenters. The van der Waals surface area contributed by atoms with Gasteiger partial charge in [0.1, 0.15) is 12.1 Å². The first-order valence-electron chi connectivity index (χ1n) is 40.4. The number of hydrogen-bond donors (Lipinski definition) is 8. The molecule has 0 saturated heterocycles. The second-order valence-electron chi connectivity index (χ2n) is 29.9. The molecule has 0 aliphatic heterocycles. The SMILES string of the molecule is CCC(CC)n1cc(-c2nc(-c3cnn(C[C@@H](O)CCO)c3)cn3nccc23)cn1.CCC(CC)n1cc(-c2nc(-c3cnn(C[C@H](O)CCO)c3)cn3nccc23)cn1.CCC(n1cc(-c2nc(-c3cnn(C[C@@H](O)CO)c3)cn3nccc23)cn1)C(C)(F)F.CC[C@H](n1cc(-c2nc(-c3cnn(C[C@@H](O)CO)c3)cn3nccc23)cn1)C(C)(F)F. The molecule has 16 rings (SSSR count). The third-order valence-electron chi connectivity index (χ3n) is 20.9. The lowest BCUT2D eigenvalue weighted by Crippen LogP contribution is -2.27. The van der Waals surface area contributed by atoms with Gasteiger partial charge < -0.3 is 40.9 Å². The molecular weight excluding hydrogens is 1580 g/mol. The van der Waals surface area contributed by atoms with Crippen molar-refractivity contribution in [1.82, 2.24) is 137 Å². The van der Waals surface area contributed by atoms with Gasteiger partial charge in [-0.25, -0.2) is 55.6 Å². The van der Waals surface area contributed by atoms with Crippen LogP contribution in [0.4, 0.5) is 17.6 Å². The van der Waals surface area contributed by atoms with Crippen LogP contribution in [0, 0.1) is 0 Å². The Morgan fingerprint density at radius 2 is 0.549 bits per heavy atom. The van der Waals surface area contributed by atoms with Crippen LogP contribution in [0.3, 0.4) is 0 Å². The van der Waals surface area contributed by atoms with E-state index in [1.165, 1.54) is 31.1 Å². The van der Waals surface area contributed by atoms with E-state index in [2.05, 4.69) is 88.9 Å². The average molecular weight is 1680 g/mol. The van der Waals surface area contributed by atoms with Crippen LogP contribution in [0.15, 0.2) is 173 Å². The Bertz CT molecular complexity index is 5660. The molecule has 0 spiro atoms. The van der Waals surface area contributed by atoms with Gasteiger partial charge in [-0.1, -0.05) is 41.5 Å². The van der Waals surface area contributed by atoms with Crippen LogP contribution in [0.1, 0.15) is 131 Å². The van der Waals surface area contributed by atoms with E-state index < -0.39 is 48.3 Å². The van der Waals surface area contributed by atoms with Gasteiger partial charge in [0.15, 0.2) is 0 Å². The lowest BCUT2D eigenvalue weighted by atomic mass is 10.1. The molecule has 1 unspecified atom stereocenters. The number of aromatic nitrogens is 28. The number of halogens is 4. The summed E-state index contributed by atoms with van der Waals surface area (Å²) in [6.45, 7) is 13.9. The molecule has 0 radical (unpaired) electrons. The average Bonchev–Trinajstić information content (AvgIpc) is 1.61. The molecule has 0 aliphatic rings. The van der Waals surface area contributed by atoms with Gasteiger partial charge in [-0.2, -0.15) is 61.2 Å². The lowest BCUT2D eigenvalue weighted by Gasteiger charge is -2.22. The fourth-order valence-corrected chi connectivity index (χ4v) is 14.4. The van der Waals surface area contributed by atoms with Crippen LogP contribution in [0.2, 0.25) is 0 Å². The number of rotatable bonds is 34. The summed E-state index contributed by atoms with van der Waals surface area (Å²) >= 11 is 0. The minimum absolute atomic E-state index is 0.0548. The van der Waals surface area contributed by atoms with E-state index in [1.54, 1.807) is 131 Å². The Labute approximate surface area is 696 Å². The third-order valence-corrected chi connectivity index (χ3v) is 20.9. The van der Waals surface area contributed by atoms with E-state index in [4.69, 9.17) is 40.4 Å². The molecule has 40 heteroatoms. The molecule has 0 aliphatic carbocycles. The maximum absolute atomic E-state index is 14.0. The van der Waals surface area contributed by atoms with Crippen LogP contribution in [-0.4, -0.2) is 240 Å². The molecule has 16 aromatic rings. The highest BCUT2D eigenvalue weighted by molar-refractivity contribution is 5.81. The highest BCUT2D eigenvalue weighted by Crippen LogP contribution is 2.37. The maximum atomic E-state index is 14.0. The van der Waals surface area contributed by atoms with Crippen LogP contribution >= 0.6 is 0 Å². The minimum atomic E-state index is -2.91. The van der Waals surface area contributed by atoms with Gasteiger partial charge in [0, 0.05) is 121 Å². The van der Waals surface area contributed by atoms with Crippen molar-refractivity contribution in [3.63, 3.8) is 0 Å². The molecule has 0 saturated carbocycles. The van der Waals surface area contributed by atoms with Crippen molar-refractivity contribution in [1.29, 1.82) is 0 Å². The van der Waals surface area contributed by atoms with E-state index in [0.29, 0.717) is 94.1 Å². The van der Waals surface area contributed by atoms with Crippen molar-refractivity contribution in [3.8, 4) is 90.1 Å². The van der Waals surface area contributed by atoms with Crippen molar-refractivity contribution >= 4 is 22.1 Å². The van der Waals surface area contributed by atoms with E-state index >= 15 is 0 Å². The summed E-state index contributed by atoms with van der Waals surface area (Å²) < 4.78 is 75.7. The quantitative estimate of drug-likeness (QED) is 0.0174. The van der Waals surface area contributed by atoms with E-state index in [0.717, 1.165) is 95.6 Å². The molecule has 16 heterocycles. The Morgan fingerprint density at radius 1 is 0.303 bits per heavy atom. The summed E-state index contributed by atoms with van der Waals surface area (Å²) in [5.41, 5.74) is 14.7. The van der Waals surface area contributed by atoms with Gasteiger partial charge in [0.05, 0.1) is 243 Å². The topological polar surface area (TPSA) is 425 Å². The van der Waals surface area contributed by atoms with Gasteiger partial charge in [-0.05, 0) is 75.6 Å². The van der Waals surface area contributed by atoms with Gasteiger partial charge in [-0.3, -0.25) is 37.5 Å². The van der Waals surface area contributed by atoms with Crippen LogP contribution in [-0.2, 0) is 26.2 Å². The first-order chi connectivity index (χ1) is 58.8. The second kappa shape index (κ2) is 39.0. The van der Waals surface area contributed by atoms with Crippen molar-refractivity contribution in [2.75, 3.05) is 26.4 Å². The highest BCUT2D eigenvalue weighted by Gasteiger charge is 2.37. The number of alkyl halides is 4. The van der Waals surface area contributed by atoms with Crippen molar-refractivity contribution in [2.24, 2.45) is 0 Å². The Morgan fingerprint density at radius 3 is 0.787 bits per heavy atom. The standard InChI is InChI=1S/2C21H27N7O2.2C20H23F2N7O2/c2*1-3-17(4-2)27-12-16(10-24-27)21-20-5-7-22-28(20)14-19(25-21)15-9-23-26(11-15)13-18(30)6-8-29;2*1-3-18(20(2,21)22)29-9-14(7-25-29)19-17-4-5-23-28(17)11-16(26-19)13-6-24-27(8-13)10-15(31)12-30/h2*5,7,9-12,14,17-18,29-30H,3-4,6,8,13H2,1-2H3;2*4-9,11,15,18,30-31H,3,10,12H2,1-2H3/t2*18-;15-,18?;15-,18+/m1011/s1. The smallest absolute Gasteiger partial charge is 0.267 e. The zero-order valence-corrected chi connectivity index (χ0v) is 68.7. The molecule has 16 aromatic heterocycles. The number of aliphatic hydroxyl groups is 8. The Hall–Kier alpha value is -12.4. The van der Waals surface area contributed by atoms with E-state index in [9.17, 15) is 38.0 Å². The molecule has 122 heavy (non-hydrogen) atoms. The highest BCUT2D eigenvalue weighted by atomic mass is 19.3. The number of aliphatic hydroxyl groups excluding tert-OH is 8. The fraction of sp³-hybridized carbons (Fsp3) is 0.415. The monoisotopic (exact) mass is 1680 g/mol. The van der Waals surface area contributed by atoms with Crippen molar-refractivity contribution in [2.45, 2.75) is 193 Å². The summed E-state index contributed by atoms with van der Waals surface area (Å²) in [4.78, 5) is 19.2. The maximum Gasteiger partial charge on any atom is 0.267 e. The molecule has 36 nitrogen and oxygen atoms in total. The summed E-state index contributed by atoms with van der Waals surface area (Å²) in [6.07, 6.45) is 43.8. The minimum Gasteiger partial charge on any atom is -0.396 e. The van der Waals surface area contributed by atoms with E-state index in [1.807, 2.05) is 80.1 Å². The first-order valence-corrected chi connectivity index (χ1v) is 40.4. The van der Waals surface area contributed by atoms with Gasteiger partial charge in [-0.15, -0.1) is 0 Å². The summed E-state index contributed by atoms with van der Waals surface area (Å²) in [7, 11) is 0. The van der Waals surface area contributed by atoms with E-state index in [-0.39, 0.29) is 52.4 Å². The second-order valence-corrected chi connectivity index (χ2v) is 29.9. The van der Waals surface area contributed by atoms with Crippen LogP contribution in [0.5, 0.6) is 0 Å². The number of fused-ring (bicyclic) bond motifs is 4. The molecule has 0 bridgehead atoms. The summed E-state index contributed by atoms with van der Waals surface area (Å²) in [5.74, 6) is -5.82. The Kier molecular flexibility index (Phi) is 27.9. The third kappa shape index (κ3) is 20.3. The predicted molar refractivity (Wildman–Crippen MR) is 442 cm³/mol. The molecule has 0 aromatic carbocycles. The van der Waals surface area contributed by atoms with Crippen LogP contribution < -0.4 is 0 Å². The van der Waals surface area contributed by atoms with Gasteiger partial charge in [0.25, 0.3) is 11.8 Å². The normalized spacial score (nSPS) is 13.6. The van der Waals surface area contributed by atoms with Gasteiger partial charge in [0.2, 0.25) is 0 Å². The summed E-state index contributed by atoms with van der Waals surface area (Å²) in [5, 5.41) is 127. The van der Waals surface area contributed by atoms with Gasteiger partial charge >= 0.3 is 0 Å². The zero-order valence-electron chi connectivity index (χ0n) is 68.7. The zero-order chi connectivity index (χ0) is 86.5. The van der Waals surface area contributed by atoms with Crippen molar-refractivity contribution < 1.29 is 58.4 Å². The Balaban J connectivity index is 0.000000140. The first kappa shape index (κ1) is 87.4. The number of hydrogen-bond acceptors (Lipinski definition) is 24. The van der Waals surface area contributed by atoms with Crippen LogP contribution in [0.25, 0.3) is 112 Å². The van der Waals surface area contributed by atoms with Crippen molar-refractivity contribution in [3.05, 3.63) is 173 Å². The fourth-order valence-electron chi connectivity index (χ4n) is 14.4. The molecule has 644 valence electrons. The molecule has 0 amide bonds. The molecular formula is C82H100F4N28O8. The summed E-state index contributed by atoms with van der Waals surface area (Å²) in [6, 6.07) is 6.08. The lowest BCUT2D eigenvalue weighted by molar-refractivity contribution is -0.0390. The molecule has 8 N–H and O–H groups in total. The predicted octanol–water partition coefficient (Wildman–Crippen LogP) is 9.95.